The Hall–Kier alpha value is -3.38. The Morgan fingerprint density at radius 1 is 1.16 bits per heavy atom. The molecule has 0 aliphatic carbocycles. The Bertz CT molecular complexity index is 1050. The van der Waals surface area contributed by atoms with Crippen LogP contribution in [-0.4, -0.2) is 43.8 Å². The molecule has 1 aromatic heterocycles. The van der Waals surface area contributed by atoms with Crippen molar-refractivity contribution in [2.45, 2.75) is 20.0 Å². The monoisotopic (exact) mass is 417 g/mol. The molecule has 1 unspecified atom stereocenters. The number of hydrogen-bond acceptors (Lipinski definition) is 5. The molecule has 1 aliphatic heterocycles. The third-order valence-electron chi connectivity index (χ3n) is 5.47. The number of anilines is 2. The number of aryl methyl sites for hydroxylation is 1. The maximum Gasteiger partial charge on any atom is 0.255 e. The van der Waals surface area contributed by atoms with E-state index in [1.165, 1.54) is 0 Å². The van der Waals surface area contributed by atoms with Crippen LogP contribution in [0.2, 0.25) is 0 Å². The molecule has 160 valence electrons. The van der Waals surface area contributed by atoms with Gasteiger partial charge in [0.2, 0.25) is 0 Å². The molecular formula is C25H27N3O3. The van der Waals surface area contributed by atoms with Gasteiger partial charge in [-0.15, -0.1) is 0 Å². The van der Waals surface area contributed by atoms with Crippen LogP contribution in [0.1, 0.15) is 22.8 Å². The zero-order valence-corrected chi connectivity index (χ0v) is 18.1. The van der Waals surface area contributed by atoms with Crippen LogP contribution in [0.4, 0.5) is 11.5 Å². The molecule has 4 rings (SSSR count). The van der Waals surface area contributed by atoms with Crippen LogP contribution < -0.4 is 15.0 Å². The van der Waals surface area contributed by atoms with Crippen molar-refractivity contribution in [3.8, 4) is 16.9 Å². The fraction of sp³-hybridized carbons (Fsp3) is 0.280. The maximum atomic E-state index is 12.9. The number of morpholine rings is 1. The van der Waals surface area contributed by atoms with Crippen molar-refractivity contribution < 1.29 is 14.3 Å². The summed E-state index contributed by atoms with van der Waals surface area (Å²) >= 11 is 0. The van der Waals surface area contributed by atoms with E-state index in [1.54, 1.807) is 13.3 Å². The first-order valence-electron chi connectivity index (χ1n) is 10.4. The van der Waals surface area contributed by atoms with E-state index in [-0.39, 0.29) is 12.0 Å². The van der Waals surface area contributed by atoms with Gasteiger partial charge in [0.1, 0.15) is 11.6 Å². The fourth-order valence-corrected chi connectivity index (χ4v) is 3.72. The van der Waals surface area contributed by atoms with E-state index >= 15 is 0 Å². The van der Waals surface area contributed by atoms with Crippen molar-refractivity contribution in [2.75, 3.05) is 37.0 Å². The number of nitrogens with zero attached hydrogens (tertiary/aromatic N) is 2. The molecule has 0 radical (unpaired) electrons. The van der Waals surface area contributed by atoms with Gasteiger partial charge in [-0.05, 0) is 66.9 Å². The lowest BCUT2D eigenvalue weighted by molar-refractivity contribution is 0.0529. The first-order chi connectivity index (χ1) is 15.0. The first-order valence-corrected chi connectivity index (χ1v) is 10.4. The molecule has 2 heterocycles. The second-order valence-electron chi connectivity index (χ2n) is 7.74. The molecule has 6 nitrogen and oxygen atoms in total. The van der Waals surface area contributed by atoms with Crippen molar-refractivity contribution in [1.82, 2.24) is 4.98 Å². The standard InChI is InChI=1S/C25H27N3O3/c1-17-4-5-20(14-23(17)19-6-9-22(30-3)10-7-19)25(29)27-21-8-11-24(26-15-21)28-12-13-31-18(2)16-28/h4-11,14-15,18H,12-13,16H2,1-3H3,(H,27,29). The SMILES string of the molecule is COc1ccc(-c2cc(C(=O)Nc3ccc(N4CCOC(C)C4)nc3)ccc2C)cc1. The van der Waals surface area contributed by atoms with Gasteiger partial charge < -0.3 is 19.7 Å². The van der Waals surface area contributed by atoms with E-state index in [2.05, 4.69) is 22.1 Å². The van der Waals surface area contributed by atoms with Gasteiger partial charge in [0.05, 0.1) is 31.7 Å². The molecule has 0 saturated carbocycles. The maximum absolute atomic E-state index is 12.9. The number of methoxy groups -OCH3 is 1. The summed E-state index contributed by atoms with van der Waals surface area (Å²) < 4.78 is 10.8. The summed E-state index contributed by atoms with van der Waals surface area (Å²) in [5.74, 6) is 1.53. The fourth-order valence-electron chi connectivity index (χ4n) is 3.72. The number of aromatic nitrogens is 1. The largest absolute Gasteiger partial charge is 0.497 e. The second-order valence-corrected chi connectivity index (χ2v) is 7.74. The van der Waals surface area contributed by atoms with Crippen LogP contribution in [0.15, 0.2) is 60.8 Å². The number of carbonyl (C=O) groups is 1. The van der Waals surface area contributed by atoms with Crippen molar-refractivity contribution in [2.24, 2.45) is 0 Å². The number of benzene rings is 2. The molecule has 1 amide bonds. The minimum atomic E-state index is -0.163. The highest BCUT2D eigenvalue weighted by atomic mass is 16.5. The van der Waals surface area contributed by atoms with Gasteiger partial charge in [0.15, 0.2) is 0 Å². The summed E-state index contributed by atoms with van der Waals surface area (Å²) in [6, 6.07) is 17.4. The minimum Gasteiger partial charge on any atom is -0.497 e. The summed E-state index contributed by atoms with van der Waals surface area (Å²) in [7, 11) is 1.65. The summed E-state index contributed by atoms with van der Waals surface area (Å²) in [4.78, 5) is 19.6. The predicted molar refractivity (Wildman–Crippen MR) is 123 cm³/mol. The molecule has 2 aromatic carbocycles. The highest BCUT2D eigenvalue weighted by molar-refractivity contribution is 6.05. The smallest absolute Gasteiger partial charge is 0.255 e. The van der Waals surface area contributed by atoms with E-state index in [0.29, 0.717) is 17.9 Å². The van der Waals surface area contributed by atoms with E-state index in [9.17, 15) is 4.79 Å². The number of ether oxygens (including phenoxy) is 2. The lowest BCUT2D eigenvalue weighted by atomic mass is 9.98. The number of carbonyl (C=O) groups excluding carboxylic acids is 1. The summed E-state index contributed by atoms with van der Waals surface area (Å²) in [6.07, 6.45) is 1.89. The van der Waals surface area contributed by atoms with Crippen LogP contribution in [0.25, 0.3) is 11.1 Å². The number of rotatable bonds is 5. The zero-order valence-electron chi connectivity index (χ0n) is 18.1. The number of pyridine rings is 1. The summed E-state index contributed by atoms with van der Waals surface area (Å²) in [5, 5.41) is 2.95. The highest BCUT2D eigenvalue weighted by Crippen LogP contribution is 2.27. The lowest BCUT2D eigenvalue weighted by Gasteiger charge is -2.32. The molecule has 1 aliphatic rings. The van der Waals surface area contributed by atoms with Crippen LogP contribution in [0, 0.1) is 6.92 Å². The van der Waals surface area contributed by atoms with Crippen molar-refractivity contribution in [1.29, 1.82) is 0 Å². The Labute approximate surface area is 182 Å². The Kier molecular flexibility index (Phi) is 6.18. The third kappa shape index (κ3) is 4.86. The summed E-state index contributed by atoms with van der Waals surface area (Å²) in [5.41, 5.74) is 4.43. The van der Waals surface area contributed by atoms with Crippen LogP contribution >= 0.6 is 0 Å². The summed E-state index contributed by atoms with van der Waals surface area (Å²) in [6.45, 7) is 6.43. The average molecular weight is 418 g/mol. The van der Waals surface area contributed by atoms with E-state index in [4.69, 9.17) is 9.47 Å². The van der Waals surface area contributed by atoms with Gasteiger partial charge in [-0.1, -0.05) is 18.2 Å². The van der Waals surface area contributed by atoms with E-state index in [1.807, 2.05) is 61.5 Å². The van der Waals surface area contributed by atoms with Gasteiger partial charge >= 0.3 is 0 Å². The molecule has 1 saturated heterocycles. The molecule has 0 spiro atoms. The van der Waals surface area contributed by atoms with Gasteiger partial charge in [-0.3, -0.25) is 4.79 Å². The van der Waals surface area contributed by atoms with Crippen LogP contribution in [-0.2, 0) is 4.74 Å². The Balaban J connectivity index is 1.48. The highest BCUT2D eigenvalue weighted by Gasteiger charge is 2.18. The number of nitrogens with one attached hydrogen (secondary N) is 1. The van der Waals surface area contributed by atoms with Crippen molar-refractivity contribution in [3.05, 3.63) is 71.9 Å². The third-order valence-corrected chi connectivity index (χ3v) is 5.47. The van der Waals surface area contributed by atoms with E-state index in [0.717, 1.165) is 41.3 Å². The van der Waals surface area contributed by atoms with Crippen LogP contribution in [0.3, 0.4) is 0 Å². The average Bonchev–Trinajstić information content (AvgIpc) is 2.80. The molecular weight excluding hydrogens is 390 g/mol. The van der Waals surface area contributed by atoms with E-state index < -0.39 is 0 Å². The lowest BCUT2D eigenvalue weighted by Crippen LogP contribution is -2.41. The molecule has 0 bridgehead atoms. The molecule has 6 heteroatoms. The molecule has 1 N–H and O–H groups in total. The quantitative estimate of drug-likeness (QED) is 0.660. The van der Waals surface area contributed by atoms with Crippen molar-refractivity contribution in [3.63, 3.8) is 0 Å². The minimum absolute atomic E-state index is 0.163. The second kappa shape index (κ2) is 9.18. The Morgan fingerprint density at radius 3 is 2.65 bits per heavy atom. The number of hydrogen-bond donors (Lipinski definition) is 1. The molecule has 31 heavy (non-hydrogen) atoms. The normalized spacial score (nSPS) is 16.1. The van der Waals surface area contributed by atoms with Gasteiger partial charge in [-0.25, -0.2) is 4.98 Å². The topological polar surface area (TPSA) is 63.7 Å². The molecule has 3 aromatic rings. The van der Waals surface area contributed by atoms with Gasteiger partial charge in [0.25, 0.3) is 5.91 Å². The van der Waals surface area contributed by atoms with Gasteiger partial charge in [-0.2, -0.15) is 0 Å². The van der Waals surface area contributed by atoms with Crippen LogP contribution in [0.5, 0.6) is 5.75 Å². The zero-order chi connectivity index (χ0) is 21.8. The Morgan fingerprint density at radius 2 is 1.97 bits per heavy atom. The number of amides is 1. The van der Waals surface area contributed by atoms with Gasteiger partial charge in [0, 0.05) is 18.7 Å². The van der Waals surface area contributed by atoms with Crippen molar-refractivity contribution >= 4 is 17.4 Å². The molecule has 1 fully saturated rings. The molecule has 1 atom stereocenters. The first kappa shape index (κ1) is 20.9. The predicted octanol–water partition coefficient (Wildman–Crippen LogP) is 4.54.